The van der Waals surface area contributed by atoms with Crippen molar-refractivity contribution in [1.82, 2.24) is 0 Å². The molecule has 0 bridgehead atoms. The smallest absolute Gasteiger partial charge is 0.164 e. The number of Topliss-reactive ketones (excluding diaryl/α,β-unsaturated/α-hetero) is 1. The van der Waals surface area contributed by atoms with Crippen LogP contribution in [-0.4, -0.2) is 5.78 Å². The number of carbonyl (C=O) groups excluding carboxylic acids is 1. The predicted octanol–water partition coefficient (Wildman–Crippen LogP) is 5.25. The van der Waals surface area contributed by atoms with Gasteiger partial charge >= 0.3 is 0 Å². The normalized spacial score (nSPS) is 13.5. The maximum atomic E-state index is 12.1. The fraction of sp³-hybridized carbons (Fsp3) is 0.500. The fourth-order valence-corrected chi connectivity index (χ4v) is 1.82. The first-order valence-electron chi connectivity index (χ1n) is 5.70. The molecule has 3 heteroatoms. The molecule has 0 aromatic heterocycles. The van der Waals surface area contributed by atoms with Crippen LogP contribution >= 0.6 is 23.2 Å². The Labute approximate surface area is 113 Å². The summed E-state index contributed by atoms with van der Waals surface area (Å²) in [4.78, 5) is 12.1. The van der Waals surface area contributed by atoms with Crippen molar-refractivity contribution in [3.05, 3.63) is 33.8 Å². The molecule has 0 fully saturated rings. The molecular formula is C14H18Cl2O. The molecule has 0 saturated carbocycles. The van der Waals surface area contributed by atoms with E-state index in [0.29, 0.717) is 27.9 Å². The Morgan fingerprint density at radius 2 is 1.88 bits per heavy atom. The Hall–Kier alpha value is -0.530. The van der Waals surface area contributed by atoms with Gasteiger partial charge in [-0.05, 0) is 23.5 Å². The molecule has 1 aromatic rings. The van der Waals surface area contributed by atoms with E-state index >= 15 is 0 Å². The van der Waals surface area contributed by atoms with Gasteiger partial charge in [0.15, 0.2) is 5.78 Å². The van der Waals surface area contributed by atoms with Crippen molar-refractivity contribution in [1.29, 1.82) is 0 Å². The third-order valence-electron chi connectivity index (χ3n) is 3.22. The second-order valence-corrected chi connectivity index (χ2v) is 6.28. The number of ketones is 1. The summed E-state index contributed by atoms with van der Waals surface area (Å²) in [7, 11) is 0. The quantitative estimate of drug-likeness (QED) is 0.687. The van der Waals surface area contributed by atoms with Gasteiger partial charge in [-0.3, -0.25) is 4.79 Å². The van der Waals surface area contributed by atoms with Crippen molar-refractivity contribution >= 4 is 29.0 Å². The number of rotatable bonds is 3. The molecule has 17 heavy (non-hydrogen) atoms. The van der Waals surface area contributed by atoms with Crippen molar-refractivity contribution < 1.29 is 4.79 Å². The zero-order valence-electron chi connectivity index (χ0n) is 10.7. The van der Waals surface area contributed by atoms with Crippen molar-refractivity contribution in [2.45, 2.75) is 34.1 Å². The highest BCUT2D eigenvalue weighted by Gasteiger charge is 2.24. The number of benzene rings is 1. The average Bonchev–Trinajstić information content (AvgIpc) is 2.20. The van der Waals surface area contributed by atoms with E-state index in [1.807, 2.05) is 0 Å². The fourth-order valence-electron chi connectivity index (χ4n) is 1.41. The van der Waals surface area contributed by atoms with Crippen molar-refractivity contribution in [3.8, 4) is 0 Å². The summed E-state index contributed by atoms with van der Waals surface area (Å²) >= 11 is 11.9. The van der Waals surface area contributed by atoms with Gasteiger partial charge < -0.3 is 0 Å². The standard InChI is InChI=1S/C14H18Cl2O/c1-9(14(2,3)4)8-12(17)10-6-5-7-11(15)13(10)16/h5-7,9H,8H2,1-4H3. The summed E-state index contributed by atoms with van der Waals surface area (Å²) in [6.07, 6.45) is 0.490. The Balaban J connectivity index is 2.88. The summed E-state index contributed by atoms with van der Waals surface area (Å²) in [5.41, 5.74) is 0.635. The Bertz CT molecular complexity index is 419. The van der Waals surface area contributed by atoms with E-state index in [0.717, 1.165) is 0 Å². The van der Waals surface area contributed by atoms with Gasteiger partial charge in [0.25, 0.3) is 0 Å². The SMILES string of the molecule is CC(CC(=O)c1cccc(Cl)c1Cl)C(C)(C)C. The van der Waals surface area contributed by atoms with Crippen LogP contribution < -0.4 is 0 Å². The van der Waals surface area contributed by atoms with Crippen LogP contribution in [0.25, 0.3) is 0 Å². The molecule has 0 N–H and O–H groups in total. The number of hydrogen-bond acceptors (Lipinski definition) is 1. The highest BCUT2D eigenvalue weighted by Crippen LogP contribution is 2.32. The molecule has 1 nitrogen and oxygen atoms in total. The van der Waals surface area contributed by atoms with Gasteiger partial charge in [0, 0.05) is 12.0 Å². The molecule has 1 aromatic carbocycles. The van der Waals surface area contributed by atoms with E-state index in [2.05, 4.69) is 27.7 Å². The largest absolute Gasteiger partial charge is 0.294 e. The predicted molar refractivity (Wildman–Crippen MR) is 74.0 cm³/mol. The van der Waals surface area contributed by atoms with Crippen molar-refractivity contribution in [2.75, 3.05) is 0 Å². The lowest BCUT2D eigenvalue weighted by atomic mass is 9.78. The zero-order valence-corrected chi connectivity index (χ0v) is 12.2. The first-order valence-corrected chi connectivity index (χ1v) is 6.46. The average molecular weight is 273 g/mol. The van der Waals surface area contributed by atoms with Gasteiger partial charge in [-0.25, -0.2) is 0 Å². The minimum atomic E-state index is 0.0555. The summed E-state index contributed by atoms with van der Waals surface area (Å²) in [6, 6.07) is 5.17. The molecule has 1 unspecified atom stereocenters. The molecule has 0 aliphatic carbocycles. The van der Waals surface area contributed by atoms with E-state index < -0.39 is 0 Å². The summed E-state index contributed by atoms with van der Waals surface area (Å²) in [5, 5.41) is 0.793. The van der Waals surface area contributed by atoms with Gasteiger partial charge in [-0.15, -0.1) is 0 Å². The Morgan fingerprint density at radius 3 is 2.41 bits per heavy atom. The van der Waals surface area contributed by atoms with Gasteiger partial charge in [0.2, 0.25) is 0 Å². The minimum absolute atomic E-state index is 0.0555. The van der Waals surface area contributed by atoms with Crippen LogP contribution in [0.3, 0.4) is 0 Å². The molecular weight excluding hydrogens is 255 g/mol. The van der Waals surface area contributed by atoms with Crippen molar-refractivity contribution in [2.24, 2.45) is 11.3 Å². The minimum Gasteiger partial charge on any atom is -0.294 e. The molecule has 1 rings (SSSR count). The maximum absolute atomic E-state index is 12.1. The maximum Gasteiger partial charge on any atom is 0.164 e. The molecule has 0 heterocycles. The molecule has 94 valence electrons. The zero-order chi connectivity index (χ0) is 13.2. The molecule has 1 atom stereocenters. The lowest BCUT2D eigenvalue weighted by Crippen LogP contribution is -2.20. The van der Waals surface area contributed by atoms with Gasteiger partial charge in [-0.2, -0.15) is 0 Å². The molecule has 0 aliphatic rings. The molecule has 0 amide bonds. The van der Waals surface area contributed by atoms with Crippen LogP contribution in [0, 0.1) is 11.3 Å². The van der Waals surface area contributed by atoms with E-state index in [-0.39, 0.29) is 11.2 Å². The topological polar surface area (TPSA) is 17.1 Å². The van der Waals surface area contributed by atoms with E-state index in [1.54, 1.807) is 18.2 Å². The molecule has 0 saturated heterocycles. The summed E-state index contributed by atoms with van der Waals surface area (Å²) in [6.45, 7) is 8.47. The second-order valence-electron chi connectivity index (χ2n) is 5.50. The molecule has 0 spiro atoms. The third kappa shape index (κ3) is 3.72. The molecule has 0 radical (unpaired) electrons. The number of hydrogen-bond donors (Lipinski definition) is 0. The lowest BCUT2D eigenvalue weighted by Gasteiger charge is -2.26. The van der Waals surface area contributed by atoms with Crippen LogP contribution in [0.1, 0.15) is 44.5 Å². The van der Waals surface area contributed by atoms with E-state index in [9.17, 15) is 4.79 Å². The highest BCUT2D eigenvalue weighted by atomic mass is 35.5. The first kappa shape index (κ1) is 14.5. The second kappa shape index (κ2) is 5.41. The van der Waals surface area contributed by atoms with E-state index in [1.165, 1.54) is 0 Å². The van der Waals surface area contributed by atoms with Crippen LogP contribution in [0.4, 0.5) is 0 Å². The Kier molecular flexibility index (Phi) is 4.62. The van der Waals surface area contributed by atoms with Crippen LogP contribution in [0.5, 0.6) is 0 Å². The number of carbonyl (C=O) groups is 1. The van der Waals surface area contributed by atoms with Crippen molar-refractivity contribution in [3.63, 3.8) is 0 Å². The Morgan fingerprint density at radius 1 is 1.29 bits per heavy atom. The third-order valence-corrected chi connectivity index (χ3v) is 4.04. The van der Waals surface area contributed by atoms with Crippen LogP contribution in [-0.2, 0) is 0 Å². The summed E-state index contributed by atoms with van der Waals surface area (Å²) in [5.74, 6) is 0.352. The number of halogens is 2. The van der Waals surface area contributed by atoms with Crippen LogP contribution in [0.2, 0.25) is 10.0 Å². The van der Waals surface area contributed by atoms with Gasteiger partial charge in [0.1, 0.15) is 0 Å². The van der Waals surface area contributed by atoms with Gasteiger partial charge in [-0.1, -0.05) is 57.0 Å². The molecule has 0 aliphatic heterocycles. The van der Waals surface area contributed by atoms with Crippen LogP contribution in [0.15, 0.2) is 18.2 Å². The van der Waals surface area contributed by atoms with E-state index in [4.69, 9.17) is 23.2 Å². The monoisotopic (exact) mass is 272 g/mol. The highest BCUT2D eigenvalue weighted by molar-refractivity contribution is 6.43. The van der Waals surface area contributed by atoms with Gasteiger partial charge in [0.05, 0.1) is 10.0 Å². The first-order chi connectivity index (χ1) is 7.73. The lowest BCUT2D eigenvalue weighted by molar-refractivity contribution is 0.0927. The summed E-state index contributed by atoms with van der Waals surface area (Å²) < 4.78 is 0.